The Balaban J connectivity index is 2.11. The van der Waals surface area contributed by atoms with Crippen LogP contribution in [0.25, 0.3) is 0 Å². The molecular formula is C11H12BrFN2O. The Morgan fingerprint density at radius 3 is 2.81 bits per heavy atom. The van der Waals surface area contributed by atoms with Crippen LogP contribution in [0.5, 0.6) is 0 Å². The van der Waals surface area contributed by atoms with Gasteiger partial charge < -0.3 is 4.90 Å². The maximum atomic E-state index is 13.4. The SMILES string of the molecule is O=C(c1ccncc1F)N1CCC(Br)CC1. The van der Waals surface area contributed by atoms with Crippen molar-refractivity contribution in [2.45, 2.75) is 17.7 Å². The van der Waals surface area contributed by atoms with E-state index in [4.69, 9.17) is 0 Å². The molecule has 2 rings (SSSR count). The number of hydrogen-bond acceptors (Lipinski definition) is 2. The summed E-state index contributed by atoms with van der Waals surface area (Å²) in [5.41, 5.74) is 0.114. The monoisotopic (exact) mass is 286 g/mol. The highest BCUT2D eigenvalue weighted by Gasteiger charge is 2.23. The molecule has 0 spiro atoms. The summed E-state index contributed by atoms with van der Waals surface area (Å²) in [6.45, 7) is 1.35. The van der Waals surface area contributed by atoms with Crippen molar-refractivity contribution in [3.05, 3.63) is 29.8 Å². The van der Waals surface area contributed by atoms with Crippen LogP contribution in [0, 0.1) is 5.82 Å². The van der Waals surface area contributed by atoms with Crippen LogP contribution in [-0.2, 0) is 0 Å². The number of piperidine rings is 1. The molecule has 0 atom stereocenters. The molecular weight excluding hydrogens is 275 g/mol. The summed E-state index contributed by atoms with van der Waals surface area (Å²) >= 11 is 3.51. The van der Waals surface area contributed by atoms with Crippen molar-refractivity contribution in [1.82, 2.24) is 9.88 Å². The summed E-state index contributed by atoms with van der Waals surface area (Å²) in [4.78, 5) is 17.8. The summed E-state index contributed by atoms with van der Waals surface area (Å²) in [5.74, 6) is -0.784. The van der Waals surface area contributed by atoms with E-state index < -0.39 is 5.82 Å². The van der Waals surface area contributed by atoms with E-state index in [0.29, 0.717) is 17.9 Å². The zero-order chi connectivity index (χ0) is 11.5. The first-order valence-corrected chi connectivity index (χ1v) is 6.13. The van der Waals surface area contributed by atoms with Crippen LogP contribution in [0.4, 0.5) is 4.39 Å². The third-order valence-electron chi connectivity index (χ3n) is 2.71. The van der Waals surface area contributed by atoms with E-state index in [1.165, 1.54) is 12.3 Å². The smallest absolute Gasteiger partial charge is 0.256 e. The highest BCUT2D eigenvalue weighted by Crippen LogP contribution is 2.19. The lowest BCUT2D eigenvalue weighted by Gasteiger charge is -2.29. The largest absolute Gasteiger partial charge is 0.338 e. The first kappa shape index (κ1) is 11.5. The predicted molar refractivity (Wildman–Crippen MR) is 62.0 cm³/mol. The first-order valence-electron chi connectivity index (χ1n) is 5.21. The molecule has 1 aromatic heterocycles. The Morgan fingerprint density at radius 2 is 2.19 bits per heavy atom. The van der Waals surface area contributed by atoms with E-state index in [1.807, 2.05) is 0 Å². The number of aromatic nitrogens is 1. The van der Waals surface area contributed by atoms with Gasteiger partial charge in [0.15, 0.2) is 5.82 Å². The molecule has 16 heavy (non-hydrogen) atoms. The van der Waals surface area contributed by atoms with Crippen molar-refractivity contribution >= 4 is 21.8 Å². The van der Waals surface area contributed by atoms with Crippen LogP contribution in [0.1, 0.15) is 23.2 Å². The molecule has 1 aliphatic rings. The number of alkyl halides is 1. The molecule has 0 aromatic carbocycles. The average Bonchev–Trinajstić information content (AvgIpc) is 2.30. The van der Waals surface area contributed by atoms with Gasteiger partial charge in [-0.2, -0.15) is 0 Å². The number of halogens is 2. The maximum absolute atomic E-state index is 13.4. The topological polar surface area (TPSA) is 33.2 Å². The van der Waals surface area contributed by atoms with Gasteiger partial charge in [0.05, 0.1) is 11.8 Å². The summed E-state index contributed by atoms with van der Waals surface area (Å²) in [5, 5.41) is 0. The second-order valence-corrected chi connectivity index (χ2v) is 5.12. The second kappa shape index (κ2) is 4.91. The summed E-state index contributed by atoms with van der Waals surface area (Å²) in [6.07, 6.45) is 4.34. The number of likely N-dealkylation sites (tertiary alicyclic amines) is 1. The normalized spacial score (nSPS) is 17.5. The van der Waals surface area contributed by atoms with Gasteiger partial charge in [0.2, 0.25) is 0 Å². The molecule has 0 aliphatic carbocycles. The number of rotatable bonds is 1. The molecule has 0 bridgehead atoms. The Hall–Kier alpha value is -0.970. The summed E-state index contributed by atoms with van der Waals surface area (Å²) in [7, 11) is 0. The van der Waals surface area contributed by atoms with Crippen molar-refractivity contribution < 1.29 is 9.18 Å². The van der Waals surface area contributed by atoms with Gasteiger partial charge in [-0.1, -0.05) is 15.9 Å². The van der Waals surface area contributed by atoms with Gasteiger partial charge in [0, 0.05) is 24.1 Å². The van der Waals surface area contributed by atoms with Crippen molar-refractivity contribution in [3.8, 4) is 0 Å². The minimum Gasteiger partial charge on any atom is -0.338 e. The number of hydrogen-bond donors (Lipinski definition) is 0. The fraction of sp³-hybridized carbons (Fsp3) is 0.455. The molecule has 86 valence electrons. The highest BCUT2D eigenvalue weighted by molar-refractivity contribution is 9.09. The second-order valence-electron chi connectivity index (χ2n) is 3.82. The number of carbonyl (C=O) groups is 1. The van der Waals surface area contributed by atoms with E-state index in [9.17, 15) is 9.18 Å². The molecule has 0 unspecified atom stereocenters. The molecule has 1 fully saturated rings. The van der Waals surface area contributed by atoms with Gasteiger partial charge in [0.1, 0.15) is 0 Å². The highest BCUT2D eigenvalue weighted by atomic mass is 79.9. The van der Waals surface area contributed by atoms with E-state index in [1.54, 1.807) is 4.90 Å². The molecule has 1 aromatic rings. The zero-order valence-corrected chi connectivity index (χ0v) is 10.3. The van der Waals surface area contributed by atoms with Crippen LogP contribution < -0.4 is 0 Å². The van der Waals surface area contributed by atoms with E-state index in [-0.39, 0.29) is 11.5 Å². The lowest BCUT2D eigenvalue weighted by atomic mass is 10.1. The molecule has 5 heteroatoms. The zero-order valence-electron chi connectivity index (χ0n) is 8.70. The van der Waals surface area contributed by atoms with Crippen molar-refractivity contribution in [3.63, 3.8) is 0 Å². The molecule has 1 saturated heterocycles. The molecule has 0 N–H and O–H groups in total. The third-order valence-corrected chi connectivity index (χ3v) is 3.63. The lowest BCUT2D eigenvalue weighted by molar-refractivity contribution is 0.0723. The Kier molecular flexibility index (Phi) is 3.53. The molecule has 0 saturated carbocycles. The van der Waals surface area contributed by atoms with Crippen LogP contribution in [0.3, 0.4) is 0 Å². The molecule has 1 aliphatic heterocycles. The van der Waals surface area contributed by atoms with Gasteiger partial charge >= 0.3 is 0 Å². The Bertz CT molecular complexity index is 391. The van der Waals surface area contributed by atoms with Gasteiger partial charge in [-0.25, -0.2) is 4.39 Å². The minimum atomic E-state index is -0.548. The summed E-state index contributed by atoms with van der Waals surface area (Å²) < 4.78 is 13.4. The van der Waals surface area contributed by atoms with Crippen LogP contribution in [0.2, 0.25) is 0 Å². The fourth-order valence-electron chi connectivity index (χ4n) is 1.77. The van der Waals surface area contributed by atoms with Crippen LogP contribution >= 0.6 is 15.9 Å². The number of pyridine rings is 1. The Morgan fingerprint density at radius 1 is 1.50 bits per heavy atom. The predicted octanol–water partition coefficient (Wildman–Crippen LogP) is 2.22. The van der Waals surface area contributed by atoms with Crippen molar-refractivity contribution in [2.75, 3.05) is 13.1 Å². The number of amides is 1. The summed E-state index contributed by atoms with van der Waals surface area (Å²) in [6, 6.07) is 1.43. The number of nitrogens with zero attached hydrogens (tertiary/aromatic N) is 2. The third kappa shape index (κ3) is 2.40. The van der Waals surface area contributed by atoms with E-state index in [2.05, 4.69) is 20.9 Å². The van der Waals surface area contributed by atoms with Crippen LogP contribution in [0.15, 0.2) is 18.5 Å². The molecule has 0 radical (unpaired) electrons. The fourth-order valence-corrected chi connectivity index (χ4v) is 2.18. The van der Waals surface area contributed by atoms with Gasteiger partial charge in [0.25, 0.3) is 5.91 Å². The molecule has 3 nitrogen and oxygen atoms in total. The quantitative estimate of drug-likeness (QED) is 0.742. The standard InChI is InChI=1S/C11H12BrFN2O/c12-8-2-5-15(6-3-8)11(16)9-1-4-14-7-10(9)13/h1,4,7-8H,2-3,5-6H2. The van der Waals surface area contributed by atoms with Crippen LogP contribution in [-0.4, -0.2) is 33.7 Å². The molecule has 2 heterocycles. The minimum absolute atomic E-state index is 0.114. The lowest BCUT2D eigenvalue weighted by Crippen LogP contribution is -2.39. The number of carbonyl (C=O) groups excluding carboxylic acids is 1. The average molecular weight is 287 g/mol. The maximum Gasteiger partial charge on any atom is 0.256 e. The van der Waals surface area contributed by atoms with Gasteiger partial charge in [-0.15, -0.1) is 0 Å². The Labute approximate surface area is 102 Å². The molecule has 1 amide bonds. The van der Waals surface area contributed by atoms with Crippen molar-refractivity contribution in [2.24, 2.45) is 0 Å². The first-order chi connectivity index (χ1) is 7.68. The van der Waals surface area contributed by atoms with Gasteiger partial charge in [-0.3, -0.25) is 9.78 Å². The van der Waals surface area contributed by atoms with Gasteiger partial charge in [-0.05, 0) is 18.9 Å². The van der Waals surface area contributed by atoms with Crippen molar-refractivity contribution in [1.29, 1.82) is 0 Å². The van der Waals surface area contributed by atoms with E-state index in [0.717, 1.165) is 19.0 Å². The van der Waals surface area contributed by atoms with E-state index >= 15 is 0 Å².